The molecular weight excluding hydrogens is 570 g/mol. The van der Waals surface area contributed by atoms with E-state index in [0.717, 1.165) is 13.0 Å². The quantitative estimate of drug-likeness (QED) is 0.191. The maximum Gasteiger partial charge on any atom is 0.417 e. The predicted molar refractivity (Wildman–Crippen MR) is 94.4 cm³/mol. The summed E-state index contributed by atoms with van der Waals surface area (Å²) in [6.45, 7) is 0.869. The van der Waals surface area contributed by atoms with Crippen LogP contribution < -0.4 is 0 Å². The Hall–Kier alpha value is -3.47. The zero-order valence-electron chi connectivity index (χ0n) is 17.4. The van der Waals surface area contributed by atoms with Crippen molar-refractivity contribution >= 4 is 5.78 Å². The molecule has 1 N–H and O–H groups in total. The monoisotopic (exact) mass is 575 g/mol. The van der Waals surface area contributed by atoms with Crippen LogP contribution in [0.2, 0.25) is 0 Å². The molecule has 186 valence electrons. The first kappa shape index (κ1) is 28.8. The van der Waals surface area contributed by atoms with Gasteiger partial charge in [-0.1, -0.05) is 0 Å². The van der Waals surface area contributed by atoms with Gasteiger partial charge in [-0.2, -0.15) is 41.4 Å². The van der Waals surface area contributed by atoms with Crippen molar-refractivity contribution in [3.63, 3.8) is 0 Å². The molecule has 1 aromatic heterocycles. The molecule has 36 heavy (non-hydrogen) atoms. The van der Waals surface area contributed by atoms with Gasteiger partial charge >= 0.3 is 12.4 Å². The fraction of sp³-hybridized carbons (Fsp3) is 0.150. The minimum absolute atomic E-state index is 0. The predicted octanol–water partition coefficient (Wildman–Crippen LogP) is 5.58. The molecule has 2 aromatic carbocycles. The van der Waals surface area contributed by atoms with Gasteiger partial charge in [-0.25, -0.2) is 17.6 Å². The number of halogens is 10. The average Bonchev–Trinajstić information content (AvgIpc) is 3.03. The van der Waals surface area contributed by atoms with Crippen LogP contribution in [-0.4, -0.2) is 20.7 Å². The molecule has 0 saturated carbocycles. The van der Waals surface area contributed by atoms with Crippen LogP contribution in [0.1, 0.15) is 38.3 Å². The maximum atomic E-state index is 14.1. The minimum Gasteiger partial charge on any atom is -0.493 e. The van der Waals surface area contributed by atoms with Crippen molar-refractivity contribution in [1.82, 2.24) is 9.78 Å². The van der Waals surface area contributed by atoms with Gasteiger partial charge in [0.05, 0.1) is 22.4 Å². The molecule has 0 unspecified atom stereocenters. The zero-order valence-corrected chi connectivity index (χ0v) is 20.4. The summed E-state index contributed by atoms with van der Waals surface area (Å²) in [6, 6.07) is 0.428. The number of aryl methyl sites for hydroxylation is 1. The van der Waals surface area contributed by atoms with Crippen molar-refractivity contribution in [2.75, 3.05) is 0 Å². The Morgan fingerprint density at radius 2 is 1.39 bits per heavy atom. The third-order valence-corrected chi connectivity index (χ3v) is 4.69. The van der Waals surface area contributed by atoms with Gasteiger partial charge in [0.2, 0.25) is 5.88 Å². The first-order valence-electron chi connectivity index (χ1n) is 8.89. The van der Waals surface area contributed by atoms with E-state index in [1.807, 2.05) is 0 Å². The number of aromatic nitrogens is 2. The Labute approximate surface area is 206 Å². The van der Waals surface area contributed by atoms with Gasteiger partial charge in [0.1, 0.15) is 17.3 Å². The molecule has 0 aliphatic rings. The van der Waals surface area contributed by atoms with Gasteiger partial charge in [-0.3, -0.25) is 4.79 Å². The second kappa shape index (κ2) is 9.53. The van der Waals surface area contributed by atoms with Gasteiger partial charge in [-0.15, -0.1) is 0 Å². The summed E-state index contributed by atoms with van der Waals surface area (Å²) in [7, 11) is 0. The number of nitriles is 1. The zero-order chi connectivity index (χ0) is 26.6. The van der Waals surface area contributed by atoms with E-state index in [1.165, 1.54) is 0 Å². The first-order valence-corrected chi connectivity index (χ1v) is 8.89. The van der Waals surface area contributed by atoms with Gasteiger partial charge in [0.15, 0.2) is 29.1 Å². The van der Waals surface area contributed by atoms with Crippen LogP contribution in [0.15, 0.2) is 18.2 Å². The standard InChI is InChI=1S/C20H7F10N3O2.Zn/c1-6-13(18(35)33(32-6)16-14(23)11(21)4-12(22)15(16)24)17(34)7-2-9(19(25,26)27)8(5-31)10(3-7)20(28,29)30;/h2-4,35H,1H3;. The second-order valence-electron chi connectivity index (χ2n) is 6.90. The number of rotatable bonds is 3. The van der Waals surface area contributed by atoms with Crippen molar-refractivity contribution in [3.8, 4) is 17.6 Å². The van der Waals surface area contributed by atoms with E-state index in [4.69, 9.17) is 5.26 Å². The van der Waals surface area contributed by atoms with Gasteiger partial charge in [-0.05, 0) is 19.1 Å². The van der Waals surface area contributed by atoms with Gasteiger partial charge < -0.3 is 5.11 Å². The summed E-state index contributed by atoms with van der Waals surface area (Å²) >= 11 is 0. The van der Waals surface area contributed by atoms with E-state index < -0.39 is 86.5 Å². The summed E-state index contributed by atoms with van der Waals surface area (Å²) in [6.07, 6.45) is -11.0. The molecule has 0 aliphatic carbocycles. The molecule has 3 rings (SSSR count). The number of alkyl halides is 6. The molecule has 3 aromatic rings. The maximum absolute atomic E-state index is 14.1. The van der Waals surface area contributed by atoms with Crippen LogP contribution >= 0.6 is 0 Å². The van der Waals surface area contributed by atoms with Crippen molar-refractivity contribution in [3.05, 3.63) is 75.0 Å². The molecule has 0 amide bonds. The van der Waals surface area contributed by atoms with Crippen LogP contribution in [0.25, 0.3) is 5.69 Å². The molecule has 1 heterocycles. The third-order valence-electron chi connectivity index (χ3n) is 4.69. The van der Waals surface area contributed by atoms with Gasteiger partial charge in [0, 0.05) is 31.1 Å². The Kier molecular flexibility index (Phi) is 7.62. The van der Waals surface area contributed by atoms with Crippen LogP contribution in [0, 0.1) is 41.5 Å². The summed E-state index contributed by atoms with van der Waals surface area (Å²) < 4.78 is 135. The van der Waals surface area contributed by atoms with E-state index in [0.29, 0.717) is 0 Å². The number of nitrogens with zero attached hydrogens (tertiary/aromatic N) is 3. The van der Waals surface area contributed by atoms with Crippen molar-refractivity contribution < 1.29 is 73.3 Å². The molecule has 5 nitrogen and oxygen atoms in total. The number of ketones is 1. The SMILES string of the molecule is Cc1nn(-c2c(F)c(F)cc(F)c2F)c(O)c1C(=O)c1cc(C(F)(F)F)c(C#N)c(C(F)(F)F)c1.[Zn]. The molecular formula is C20H7F10N3O2Zn. The van der Waals surface area contributed by atoms with Crippen molar-refractivity contribution in [1.29, 1.82) is 5.26 Å². The van der Waals surface area contributed by atoms with E-state index in [1.54, 1.807) is 0 Å². The first-order chi connectivity index (χ1) is 16.0. The third kappa shape index (κ3) is 4.79. The van der Waals surface area contributed by atoms with E-state index in [2.05, 4.69) is 5.10 Å². The van der Waals surface area contributed by atoms with Gasteiger partial charge in [0.25, 0.3) is 0 Å². The normalized spacial score (nSPS) is 11.7. The van der Waals surface area contributed by atoms with E-state index in [-0.39, 0.29) is 42.4 Å². The Morgan fingerprint density at radius 3 is 1.78 bits per heavy atom. The van der Waals surface area contributed by atoms with Crippen LogP contribution in [0.4, 0.5) is 43.9 Å². The number of carbonyl (C=O) groups excluding carboxylic acids is 1. The van der Waals surface area contributed by atoms with Crippen LogP contribution in [0.3, 0.4) is 0 Å². The largest absolute Gasteiger partial charge is 0.493 e. The second-order valence-corrected chi connectivity index (χ2v) is 6.90. The molecule has 0 bridgehead atoms. The minimum atomic E-state index is -5.52. The molecule has 0 radical (unpaired) electrons. The Morgan fingerprint density at radius 1 is 0.944 bits per heavy atom. The summed E-state index contributed by atoms with van der Waals surface area (Å²) in [4.78, 5) is 12.8. The smallest absolute Gasteiger partial charge is 0.417 e. The number of aromatic hydroxyl groups is 1. The van der Waals surface area contributed by atoms with Crippen molar-refractivity contribution in [2.45, 2.75) is 19.3 Å². The fourth-order valence-corrected chi connectivity index (χ4v) is 3.17. The van der Waals surface area contributed by atoms with Crippen LogP contribution in [0.5, 0.6) is 5.88 Å². The van der Waals surface area contributed by atoms with E-state index in [9.17, 15) is 53.8 Å². The Balaban J connectivity index is 0.00000456. The summed E-state index contributed by atoms with van der Waals surface area (Å²) in [5.74, 6) is -11.3. The fourth-order valence-electron chi connectivity index (χ4n) is 3.17. The summed E-state index contributed by atoms with van der Waals surface area (Å²) in [5.41, 5.74) is -10.8. The van der Waals surface area contributed by atoms with Crippen LogP contribution in [-0.2, 0) is 31.8 Å². The number of carbonyl (C=O) groups is 1. The van der Waals surface area contributed by atoms with E-state index >= 15 is 0 Å². The molecule has 16 heteroatoms. The summed E-state index contributed by atoms with van der Waals surface area (Å²) in [5, 5.41) is 22.5. The number of hydrogen-bond donors (Lipinski definition) is 1. The average molecular weight is 577 g/mol. The molecule has 0 saturated heterocycles. The Bertz CT molecular complexity index is 1360. The molecule has 0 atom stereocenters. The number of benzene rings is 2. The van der Waals surface area contributed by atoms with Crippen molar-refractivity contribution in [2.24, 2.45) is 0 Å². The number of hydrogen-bond acceptors (Lipinski definition) is 4. The topological polar surface area (TPSA) is 78.9 Å². The molecule has 0 fully saturated rings. The molecule has 0 aliphatic heterocycles. The molecule has 0 spiro atoms.